The number of hydrogen-bond donors (Lipinski definition) is 1. The van der Waals surface area contributed by atoms with E-state index in [-0.39, 0.29) is 5.91 Å². The average Bonchev–Trinajstić information content (AvgIpc) is 3.39. The van der Waals surface area contributed by atoms with Crippen molar-refractivity contribution >= 4 is 17.2 Å². The molecule has 1 aliphatic rings. The van der Waals surface area contributed by atoms with Gasteiger partial charge in [-0.25, -0.2) is 0 Å². The maximum atomic E-state index is 12.6. The third-order valence-corrected chi connectivity index (χ3v) is 6.79. The third-order valence-electron chi connectivity index (χ3n) is 5.86. The van der Waals surface area contributed by atoms with Crippen LogP contribution in [0.3, 0.4) is 0 Å². The minimum absolute atomic E-state index is 0.0291. The average molecular weight is 483 g/mol. The zero-order valence-electron chi connectivity index (χ0n) is 19.8. The second kappa shape index (κ2) is 11.4. The van der Waals surface area contributed by atoms with E-state index in [1.54, 1.807) is 21.3 Å². The lowest BCUT2D eigenvalue weighted by Gasteiger charge is -2.26. The highest BCUT2D eigenvalue weighted by molar-refractivity contribution is 7.12. The van der Waals surface area contributed by atoms with Crippen molar-refractivity contribution < 1.29 is 23.7 Å². The Kier molecular flexibility index (Phi) is 8.05. The van der Waals surface area contributed by atoms with Crippen LogP contribution in [0.4, 0.5) is 0 Å². The number of morpholine rings is 1. The van der Waals surface area contributed by atoms with E-state index >= 15 is 0 Å². The molecule has 2 aromatic carbocycles. The molecule has 3 aromatic rings. The first kappa shape index (κ1) is 24.1. The van der Waals surface area contributed by atoms with Gasteiger partial charge in [0.1, 0.15) is 0 Å². The number of carbonyl (C=O) groups is 1. The van der Waals surface area contributed by atoms with Gasteiger partial charge in [0.05, 0.1) is 39.4 Å². The van der Waals surface area contributed by atoms with Gasteiger partial charge in [-0.3, -0.25) is 9.69 Å². The lowest BCUT2D eigenvalue weighted by molar-refractivity contribution is 0.0383. The summed E-state index contributed by atoms with van der Waals surface area (Å²) in [5.41, 5.74) is 4.07. The lowest BCUT2D eigenvalue weighted by atomic mass is 10.0. The molecular formula is C26H30N2O5S. The number of hydrogen-bond acceptors (Lipinski definition) is 7. The molecule has 7 nitrogen and oxygen atoms in total. The van der Waals surface area contributed by atoms with Gasteiger partial charge in [-0.2, -0.15) is 0 Å². The molecule has 0 bridgehead atoms. The van der Waals surface area contributed by atoms with Crippen molar-refractivity contribution in [3.05, 3.63) is 52.7 Å². The molecule has 1 fully saturated rings. The van der Waals surface area contributed by atoms with Crippen LogP contribution in [0.2, 0.25) is 0 Å². The Morgan fingerprint density at radius 3 is 2.12 bits per heavy atom. The number of methoxy groups -OCH3 is 3. The molecule has 0 atom stereocenters. The standard InChI is InChI=1S/C26H30N2O5S/c1-30-22-14-20(15-23(31-2)25(22)32-3)18-4-6-19(7-5-18)21-16-24(34-17-21)26(29)27-8-9-28-10-12-33-13-11-28/h4-7,14-17H,8-13H2,1-3H3,(H,27,29). The van der Waals surface area contributed by atoms with Crippen molar-refractivity contribution in [2.45, 2.75) is 0 Å². The van der Waals surface area contributed by atoms with E-state index in [0.29, 0.717) is 28.7 Å². The summed E-state index contributed by atoms with van der Waals surface area (Å²) in [6, 6.07) is 14.0. The molecule has 1 aliphatic heterocycles. The van der Waals surface area contributed by atoms with E-state index in [1.165, 1.54) is 11.3 Å². The molecule has 2 heterocycles. The fourth-order valence-electron chi connectivity index (χ4n) is 3.95. The number of rotatable bonds is 9. The van der Waals surface area contributed by atoms with Crippen molar-refractivity contribution in [3.63, 3.8) is 0 Å². The van der Waals surface area contributed by atoms with Crippen molar-refractivity contribution in [2.75, 3.05) is 60.7 Å². The predicted molar refractivity (Wildman–Crippen MR) is 134 cm³/mol. The van der Waals surface area contributed by atoms with E-state index in [9.17, 15) is 4.79 Å². The number of nitrogens with one attached hydrogen (secondary N) is 1. The van der Waals surface area contributed by atoms with E-state index in [2.05, 4.69) is 34.5 Å². The Bertz CT molecular complexity index is 1080. The molecule has 0 saturated carbocycles. The van der Waals surface area contributed by atoms with Gasteiger partial charge >= 0.3 is 0 Å². The van der Waals surface area contributed by atoms with Crippen LogP contribution < -0.4 is 19.5 Å². The first-order chi connectivity index (χ1) is 16.6. The molecule has 0 unspecified atom stereocenters. The normalized spacial score (nSPS) is 14.0. The minimum atomic E-state index is -0.0291. The smallest absolute Gasteiger partial charge is 0.261 e. The van der Waals surface area contributed by atoms with E-state index in [1.807, 2.05) is 23.6 Å². The van der Waals surface area contributed by atoms with E-state index < -0.39 is 0 Å². The van der Waals surface area contributed by atoms with Gasteiger partial charge in [-0.1, -0.05) is 24.3 Å². The monoisotopic (exact) mass is 482 g/mol. The van der Waals surface area contributed by atoms with Gasteiger partial charge in [0.25, 0.3) is 5.91 Å². The van der Waals surface area contributed by atoms with Crippen molar-refractivity contribution in [1.82, 2.24) is 10.2 Å². The second-order valence-electron chi connectivity index (χ2n) is 7.90. The molecule has 34 heavy (non-hydrogen) atoms. The highest BCUT2D eigenvalue weighted by Gasteiger charge is 2.15. The summed E-state index contributed by atoms with van der Waals surface area (Å²) in [6.45, 7) is 4.85. The van der Waals surface area contributed by atoms with Crippen LogP contribution in [0.25, 0.3) is 22.3 Å². The molecule has 0 aliphatic carbocycles. The number of amides is 1. The molecule has 0 radical (unpaired) electrons. The van der Waals surface area contributed by atoms with Crippen LogP contribution in [0.15, 0.2) is 47.8 Å². The highest BCUT2D eigenvalue weighted by Crippen LogP contribution is 2.41. The number of benzene rings is 2. The maximum absolute atomic E-state index is 12.6. The second-order valence-corrected chi connectivity index (χ2v) is 8.81. The van der Waals surface area contributed by atoms with Crippen LogP contribution in [0.5, 0.6) is 17.2 Å². The minimum Gasteiger partial charge on any atom is -0.493 e. The largest absolute Gasteiger partial charge is 0.493 e. The zero-order valence-corrected chi connectivity index (χ0v) is 20.6. The van der Waals surface area contributed by atoms with Gasteiger partial charge in [0.2, 0.25) is 5.75 Å². The van der Waals surface area contributed by atoms with Crippen molar-refractivity contribution in [1.29, 1.82) is 0 Å². The highest BCUT2D eigenvalue weighted by atomic mass is 32.1. The van der Waals surface area contributed by atoms with Gasteiger partial charge in [0, 0.05) is 26.2 Å². The third kappa shape index (κ3) is 5.52. The number of ether oxygens (including phenoxy) is 4. The fraction of sp³-hybridized carbons (Fsp3) is 0.346. The van der Waals surface area contributed by atoms with Gasteiger partial charge in [-0.15, -0.1) is 11.3 Å². The van der Waals surface area contributed by atoms with Gasteiger partial charge < -0.3 is 24.3 Å². The summed E-state index contributed by atoms with van der Waals surface area (Å²) in [5.74, 6) is 1.77. The summed E-state index contributed by atoms with van der Waals surface area (Å²) < 4.78 is 21.7. The molecule has 180 valence electrons. The maximum Gasteiger partial charge on any atom is 0.261 e. The van der Waals surface area contributed by atoms with Crippen molar-refractivity contribution in [2.24, 2.45) is 0 Å². The summed E-state index contributed by atoms with van der Waals surface area (Å²) in [4.78, 5) is 15.6. The SMILES string of the molecule is COc1cc(-c2ccc(-c3csc(C(=O)NCCN4CCOCC4)c3)cc2)cc(OC)c1OC. The molecule has 0 spiro atoms. The predicted octanol–water partition coefficient (Wildman–Crippen LogP) is 4.17. The van der Waals surface area contributed by atoms with Crippen molar-refractivity contribution in [3.8, 4) is 39.5 Å². The Balaban J connectivity index is 1.42. The molecule has 1 aromatic heterocycles. The molecule has 1 saturated heterocycles. The fourth-order valence-corrected chi connectivity index (χ4v) is 4.78. The summed E-state index contributed by atoms with van der Waals surface area (Å²) in [7, 11) is 4.81. The molecule has 8 heteroatoms. The number of nitrogens with zero attached hydrogens (tertiary/aromatic N) is 1. The van der Waals surface area contributed by atoms with E-state index in [0.717, 1.165) is 55.1 Å². The van der Waals surface area contributed by atoms with Gasteiger partial charge in [0.15, 0.2) is 11.5 Å². The first-order valence-electron chi connectivity index (χ1n) is 11.2. The Morgan fingerprint density at radius 1 is 0.912 bits per heavy atom. The molecule has 1 N–H and O–H groups in total. The Morgan fingerprint density at radius 2 is 1.53 bits per heavy atom. The molecule has 4 rings (SSSR count). The lowest BCUT2D eigenvalue weighted by Crippen LogP contribution is -2.41. The Hall–Kier alpha value is -3.07. The number of carbonyl (C=O) groups excluding carboxylic acids is 1. The van der Waals surface area contributed by atoms with E-state index in [4.69, 9.17) is 18.9 Å². The van der Waals surface area contributed by atoms with Gasteiger partial charge in [-0.05, 0) is 45.8 Å². The van der Waals surface area contributed by atoms with Crippen LogP contribution in [-0.4, -0.2) is 71.5 Å². The number of thiophene rings is 1. The molecular weight excluding hydrogens is 452 g/mol. The zero-order chi connectivity index (χ0) is 23.9. The Labute approximate surface area is 204 Å². The van der Waals surface area contributed by atoms with Crippen LogP contribution in [-0.2, 0) is 4.74 Å². The molecule has 1 amide bonds. The van der Waals surface area contributed by atoms with Crippen LogP contribution >= 0.6 is 11.3 Å². The van der Waals surface area contributed by atoms with Crippen LogP contribution in [0.1, 0.15) is 9.67 Å². The topological polar surface area (TPSA) is 69.3 Å². The summed E-state index contributed by atoms with van der Waals surface area (Å²) in [6.07, 6.45) is 0. The summed E-state index contributed by atoms with van der Waals surface area (Å²) >= 11 is 1.46. The first-order valence-corrected chi connectivity index (χ1v) is 12.1. The van der Waals surface area contributed by atoms with Crippen LogP contribution in [0, 0.1) is 0 Å². The quantitative estimate of drug-likeness (QED) is 0.494. The summed E-state index contributed by atoms with van der Waals surface area (Å²) in [5, 5.41) is 5.05.